The zero-order chi connectivity index (χ0) is 16.5. The maximum absolute atomic E-state index is 9.80. The molecular formula is C20H32O2. The van der Waals surface area contributed by atoms with Gasteiger partial charge in [0.1, 0.15) is 0 Å². The highest BCUT2D eigenvalue weighted by atomic mass is 16.6. The number of hydrogen-bond acceptors (Lipinski definition) is 2. The molecule has 1 aliphatic carbocycles. The summed E-state index contributed by atoms with van der Waals surface area (Å²) in [6.45, 7) is 17.1. The third-order valence-corrected chi connectivity index (χ3v) is 5.87. The molecule has 124 valence electrons. The van der Waals surface area contributed by atoms with Gasteiger partial charge in [-0.1, -0.05) is 31.2 Å². The van der Waals surface area contributed by atoms with Gasteiger partial charge in [0, 0.05) is 0 Å². The average Bonchev–Trinajstić information content (AvgIpc) is 3.08. The van der Waals surface area contributed by atoms with Crippen molar-refractivity contribution in [1.29, 1.82) is 0 Å². The van der Waals surface area contributed by atoms with Crippen molar-refractivity contribution in [1.82, 2.24) is 0 Å². The van der Waals surface area contributed by atoms with E-state index in [4.69, 9.17) is 4.74 Å². The summed E-state index contributed by atoms with van der Waals surface area (Å²) in [5.74, 6) is 0.911. The summed E-state index contributed by atoms with van der Waals surface area (Å²) in [6, 6.07) is 0. The first-order valence-electron chi connectivity index (χ1n) is 8.50. The lowest BCUT2D eigenvalue weighted by Crippen LogP contribution is -2.34. The number of allylic oxidation sites excluding steroid dienone is 2. The van der Waals surface area contributed by atoms with Gasteiger partial charge in [-0.05, 0) is 69.3 Å². The molecule has 2 heteroatoms. The van der Waals surface area contributed by atoms with Crippen molar-refractivity contribution >= 4 is 0 Å². The SMILES string of the molecule is C=CC1(C)CCC(C(=CCC2OC2(C)C)CO)CC1C(=C)C. The fraction of sp³-hybridized carbons (Fsp3) is 0.700. The molecule has 4 atom stereocenters. The summed E-state index contributed by atoms with van der Waals surface area (Å²) >= 11 is 0. The smallest absolute Gasteiger partial charge is 0.0902 e. The van der Waals surface area contributed by atoms with Gasteiger partial charge in [-0.3, -0.25) is 0 Å². The maximum Gasteiger partial charge on any atom is 0.0902 e. The highest BCUT2D eigenvalue weighted by Gasteiger charge is 2.46. The molecule has 1 N–H and O–H groups in total. The molecule has 0 bridgehead atoms. The molecule has 0 radical (unpaired) electrons. The van der Waals surface area contributed by atoms with Gasteiger partial charge in [0.25, 0.3) is 0 Å². The molecule has 2 fully saturated rings. The highest BCUT2D eigenvalue weighted by Crippen LogP contribution is 2.49. The fourth-order valence-corrected chi connectivity index (χ4v) is 3.96. The second-order valence-electron chi connectivity index (χ2n) is 7.96. The van der Waals surface area contributed by atoms with Gasteiger partial charge in [-0.2, -0.15) is 0 Å². The quantitative estimate of drug-likeness (QED) is 0.572. The van der Waals surface area contributed by atoms with Crippen LogP contribution in [0.1, 0.15) is 53.4 Å². The summed E-state index contributed by atoms with van der Waals surface area (Å²) in [4.78, 5) is 0. The minimum atomic E-state index is 0.0191. The van der Waals surface area contributed by atoms with E-state index in [1.54, 1.807) is 0 Å². The molecule has 2 nitrogen and oxygen atoms in total. The summed E-state index contributed by atoms with van der Waals surface area (Å²) < 4.78 is 5.64. The molecule has 0 spiro atoms. The van der Waals surface area contributed by atoms with Crippen LogP contribution in [0.15, 0.2) is 36.5 Å². The number of ether oxygens (including phenoxy) is 1. The Morgan fingerprint density at radius 3 is 2.45 bits per heavy atom. The summed E-state index contributed by atoms with van der Waals surface area (Å²) in [5, 5.41) is 9.80. The van der Waals surface area contributed by atoms with E-state index in [9.17, 15) is 5.11 Å². The third kappa shape index (κ3) is 3.55. The van der Waals surface area contributed by atoms with Gasteiger partial charge in [0.05, 0.1) is 18.3 Å². The number of hydrogen-bond donors (Lipinski definition) is 1. The minimum absolute atomic E-state index is 0.0191. The van der Waals surface area contributed by atoms with Gasteiger partial charge in [-0.25, -0.2) is 0 Å². The van der Waals surface area contributed by atoms with Gasteiger partial charge >= 0.3 is 0 Å². The van der Waals surface area contributed by atoms with Crippen LogP contribution >= 0.6 is 0 Å². The van der Waals surface area contributed by atoms with Crippen LogP contribution < -0.4 is 0 Å². The Balaban J connectivity index is 2.06. The fourth-order valence-electron chi connectivity index (χ4n) is 3.96. The Hall–Kier alpha value is -0.860. The molecule has 0 aromatic carbocycles. The van der Waals surface area contributed by atoms with Crippen LogP contribution in [0.25, 0.3) is 0 Å². The second kappa shape index (κ2) is 6.33. The molecule has 4 unspecified atom stereocenters. The van der Waals surface area contributed by atoms with Crippen molar-refractivity contribution < 1.29 is 9.84 Å². The van der Waals surface area contributed by atoms with Crippen LogP contribution in [0.3, 0.4) is 0 Å². The number of epoxide rings is 1. The molecule has 1 aliphatic heterocycles. The maximum atomic E-state index is 9.80. The first-order chi connectivity index (χ1) is 10.2. The van der Waals surface area contributed by atoms with Crippen molar-refractivity contribution in [2.24, 2.45) is 17.3 Å². The normalized spacial score (nSPS) is 37.7. The molecule has 0 aromatic heterocycles. The van der Waals surface area contributed by atoms with Gasteiger partial charge in [0.2, 0.25) is 0 Å². The van der Waals surface area contributed by atoms with E-state index in [0.717, 1.165) is 25.7 Å². The average molecular weight is 304 g/mol. The molecule has 2 aliphatic rings. The first-order valence-corrected chi connectivity index (χ1v) is 8.50. The summed E-state index contributed by atoms with van der Waals surface area (Å²) in [5.41, 5.74) is 2.58. The Labute approximate surface area is 136 Å². The molecule has 0 amide bonds. The van der Waals surface area contributed by atoms with Crippen LogP contribution in [0.5, 0.6) is 0 Å². The largest absolute Gasteiger partial charge is 0.392 e. The summed E-state index contributed by atoms with van der Waals surface area (Å²) in [7, 11) is 0. The number of aliphatic hydroxyl groups is 1. The lowest BCUT2D eigenvalue weighted by Gasteiger charge is -2.44. The van der Waals surface area contributed by atoms with Crippen LogP contribution in [-0.4, -0.2) is 23.4 Å². The molecular weight excluding hydrogens is 272 g/mol. The predicted molar refractivity (Wildman–Crippen MR) is 92.7 cm³/mol. The van der Waals surface area contributed by atoms with Crippen molar-refractivity contribution in [3.8, 4) is 0 Å². The van der Waals surface area contributed by atoms with E-state index < -0.39 is 0 Å². The van der Waals surface area contributed by atoms with Crippen molar-refractivity contribution in [3.05, 3.63) is 36.5 Å². The van der Waals surface area contributed by atoms with Crippen molar-refractivity contribution in [2.45, 2.75) is 65.1 Å². The van der Waals surface area contributed by atoms with Crippen LogP contribution in [0.4, 0.5) is 0 Å². The zero-order valence-corrected chi connectivity index (χ0v) is 14.7. The van der Waals surface area contributed by atoms with Crippen LogP contribution in [0.2, 0.25) is 0 Å². The molecule has 22 heavy (non-hydrogen) atoms. The number of aliphatic hydroxyl groups excluding tert-OH is 1. The van der Waals surface area contributed by atoms with Crippen LogP contribution in [-0.2, 0) is 4.74 Å². The Bertz CT molecular complexity index is 474. The molecule has 2 rings (SSSR count). The lowest BCUT2D eigenvalue weighted by atomic mass is 9.61. The van der Waals surface area contributed by atoms with E-state index >= 15 is 0 Å². The first kappa shape index (κ1) is 17.5. The van der Waals surface area contributed by atoms with Gasteiger partial charge in [0.15, 0.2) is 0 Å². The van der Waals surface area contributed by atoms with E-state index in [0.29, 0.717) is 17.9 Å². The monoisotopic (exact) mass is 304 g/mol. The summed E-state index contributed by atoms with van der Waals surface area (Å²) in [6.07, 6.45) is 8.85. The van der Waals surface area contributed by atoms with E-state index in [1.807, 2.05) is 0 Å². The molecule has 1 saturated heterocycles. The van der Waals surface area contributed by atoms with E-state index in [-0.39, 0.29) is 17.6 Å². The lowest BCUT2D eigenvalue weighted by molar-refractivity contribution is 0.160. The topological polar surface area (TPSA) is 32.8 Å². The van der Waals surface area contributed by atoms with Crippen molar-refractivity contribution in [2.75, 3.05) is 6.61 Å². The van der Waals surface area contributed by atoms with Crippen molar-refractivity contribution in [3.63, 3.8) is 0 Å². The third-order valence-electron chi connectivity index (χ3n) is 5.87. The Morgan fingerprint density at radius 1 is 1.36 bits per heavy atom. The zero-order valence-electron chi connectivity index (χ0n) is 14.7. The van der Waals surface area contributed by atoms with Gasteiger partial charge < -0.3 is 9.84 Å². The highest BCUT2D eigenvalue weighted by molar-refractivity contribution is 5.18. The molecule has 1 saturated carbocycles. The van der Waals surface area contributed by atoms with E-state index in [1.165, 1.54) is 11.1 Å². The Morgan fingerprint density at radius 2 is 2.00 bits per heavy atom. The van der Waals surface area contributed by atoms with E-state index in [2.05, 4.69) is 53.0 Å². The Kier molecular flexibility index (Phi) is 5.03. The number of rotatable bonds is 6. The molecule has 0 aromatic rings. The molecule has 1 heterocycles. The standard InChI is InChI=1S/C20H32O2/c1-7-20(6)11-10-15(12-17(20)14(2)3)16(13-21)8-9-18-19(4,5)22-18/h7-8,15,17-18,21H,1-2,9-13H2,3-6H3. The second-order valence-corrected chi connectivity index (χ2v) is 7.96. The van der Waals surface area contributed by atoms with Gasteiger partial charge in [-0.15, -0.1) is 6.58 Å². The predicted octanol–water partition coefficient (Wildman–Crippen LogP) is 4.66. The minimum Gasteiger partial charge on any atom is -0.392 e. The van der Waals surface area contributed by atoms with Crippen LogP contribution in [0, 0.1) is 17.3 Å².